The van der Waals surface area contributed by atoms with Gasteiger partial charge in [-0.15, -0.1) is 11.8 Å². The molecule has 1 amide bonds. The molecule has 0 bridgehead atoms. The van der Waals surface area contributed by atoms with Crippen LogP contribution >= 0.6 is 11.8 Å². The predicted molar refractivity (Wildman–Crippen MR) is 121 cm³/mol. The first kappa shape index (κ1) is 22.5. The molecule has 1 aliphatic heterocycles. The van der Waals surface area contributed by atoms with E-state index in [2.05, 4.69) is 4.72 Å². The highest BCUT2D eigenvalue weighted by Gasteiger charge is 2.23. The minimum atomic E-state index is -3.83. The number of anilines is 1. The molecular formula is C22H28N2O4S2. The molecule has 0 spiro atoms. The first-order valence-electron chi connectivity index (χ1n) is 10.2. The molecule has 0 saturated carbocycles. The standard InChI is InChI=1S/C22H28N2O4S2/c1-3-28-18-10-8-17(9-11-18)23-30(26,27)19-12-13-21(29-2)20(16-19)22(25)24-14-6-4-5-7-15-24/h8-13,16,23H,3-7,14-15H2,1-2H3. The van der Waals surface area contributed by atoms with E-state index in [1.54, 1.807) is 36.4 Å². The Morgan fingerprint density at radius 3 is 2.33 bits per heavy atom. The van der Waals surface area contributed by atoms with Gasteiger partial charge in [0, 0.05) is 23.7 Å². The minimum absolute atomic E-state index is 0.0763. The van der Waals surface area contributed by atoms with E-state index in [9.17, 15) is 13.2 Å². The van der Waals surface area contributed by atoms with Crippen LogP contribution in [0.25, 0.3) is 0 Å². The van der Waals surface area contributed by atoms with E-state index in [1.807, 2.05) is 18.1 Å². The lowest BCUT2D eigenvalue weighted by atomic mass is 10.2. The van der Waals surface area contributed by atoms with E-state index in [0.717, 1.165) is 30.6 Å². The number of hydrogen-bond acceptors (Lipinski definition) is 5. The summed E-state index contributed by atoms with van der Waals surface area (Å²) in [6, 6.07) is 11.5. The number of nitrogens with zero attached hydrogens (tertiary/aromatic N) is 1. The number of benzene rings is 2. The van der Waals surface area contributed by atoms with Crippen molar-refractivity contribution < 1.29 is 17.9 Å². The Labute approximate surface area is 183 Å². The monoisotopic (exact) mass is 448 g/mol. The number of carbonyl (C=O) groups excluding carboxylic acids is 1. The second-order valence-corrected chi connectivity index (χ2v) is 9.66. The number of amides is 1. The van der Waals surface area contributed by atoms with Gasteiger partial charge in [0.1, 0.15) is 5.75 Å². The number of ether oxygens (including phenoxy) is 1. The summed E-state index contributed by atoms with van der Waals surface area (Å²) in [7, 11) is -3.83. The molecule has 1 N–H and O–H groups in total. The smallest absolute Gasteiger partial charge is 0.261 e. The van der Waals surface area contributed by atoms with Crippen molar-refractivity contribution in [1.82, 2.24) is 4.90 Å². The van der Waals surface area contributed by atoms with Crippen LogP contribution in [0.1, 0.15) is 43.0 Å². The van der Waals surface area contributed by atoms with Crippen LogP contribution in [0.3, 0.4) is 0 Å². The first-order chi connectivity index (χ1) is 14.4. The highest BCUT2D eigenvalue weighted by atomic mass is 32.2. The Morgan fingerprint density at radius 1 is 1.07 bits per heavy atom. The van der Waals surface area contributed by atoms with E-state index in [4.69, 9.17) is 4.74 Å². The molecule has 0 aromatic heterocycles. The normalized spacial score (nSPS) is 14.8. The molecule has 8 heteroatoms. The molecule has 6 nitrogen and oxygen atoms in total. The Kier molecular flexibility index (Phi) is 7.66. The topological polar surface area (TPSA) is 75.7 Å². The van der Waals surface area contributed by atoms with Crippen molar-refractivity contribution in [1.29, 1.82) is 0 Å². The summed E-state index contributed by atoms with van der Waals surface area (Å²) in [5.41, 5.74) is 0.881. The van der Waals surface area contributed by atoms with Gasteiger partial charge in [-0.1, -0.05) is 12.8 Å². The second kappa shape index (κ2) is 10.2. The molecule has 1 heterocycles. The van der Waals surface area contributed by atoms with Crippen LogP contribution < -0.4 is 9.46 Å². The van der Waals surface area contributed by atoms with E-state index in [1.165, 1.54) is 17.8 Å². The summed E-state index contributed by atoms with van der Waals surface area (Å²) < 4.78 is 33.9. The quantitative estimate of drug-likeness (QED) is 0.625. The molecule has 0 radical (unpaired) electrons. The molecule has 0 atom stereocenters. The maximum atomic E-state index is 13.2. The fourth-order valence-electron chi connectivity index (χ4n) is 3.47. The van der Waals surface area contributed by atoms with Crippen molar-refractivity contribution in [2.45, 2.75) is 42.4 Å². The summed E-state index contributed by atoms with van der Waals surface area (Å²) in [5.74, 6) is 0.578. The van der Waals surface area contributed by atoms with Crippen LogP contribution in [0.15, 0.2) is 52.3 Å². The Hall–Kier alpha value is -2.19. The lowest BCUT2D eigenvalue weighted by Gasteiger charge is -2.22. The number of sulfonamides is 1. The largest absolute Gasteiger partial charge is 0.494 e. The molecule has 0 aliphatic carbocycles. The Morgan fingerprint density at radius 2 is 1.73 bits per heavy atom. The summed E-state index contributed by atoms with van der Waals surface area (Å²) in [6.07, 6.45) is 6.11. The van der Waals surface area contributed by atoms with Gasteiger partial charge >= 0.3 is 0 Å². The van der Waals surface area contributed by atoms with E-state index >= 15 is 0 Å². The Bertz CT molecular complexity index is 967. The molecule has 0 unspecified atom stereocenters. The SMILES string of the molecule is CCOc1ccc(NS(=O)(=O)c2ccc(SC)c(C(=O)N3CCCCCC3)c2)cc1. The number of thioether (sulfide) groups is 1. The molecule has 1 saturated heterocycles. The van der Waals surface area contributed by atoms with E-state index in [-0.39, 0.29) is 10.8 Å². The second-order valence-electron chi connectivity index (χ2n) is 7.13. The lowest BCUT2D eigenvalue weighted by Crippen LogP contribution is -2.32. The lowest BCUT2D eigenvalue weighted by molar-refractivity contribution is 0.0758. The number of rotatable bonds is 7. The van der Waals surface area contributed by atoms with Gasteiger partial charge in [-0.05, 0) is 68.5 Å². The molecule has 3 rings (SSSR count). The molecule has 1 aliphatic rings. The number of nitrogens with one attached hydrogen (secondary N) is 1. The molecule has 2 aromatic carbocycles. The first-order valence-corrected chi connectivity index (χ1v) is 12.9. The number of carbonyl (C=O) groups is 1. The van der Waals surface area contributed by atoms with Crippen LogP contribution in [-0.2, 0) is 10.0 Å². The molecule has 2 aromatic rings. The number of likely N-dealkylation sites (tertiary alicyclic amines) is 1. The van der Waals surface area contributed by atoms with Crippen LogP contribution in [0.5, 0.6) is 5.75 Å². The van der Waals surface area contributed by atoms with Crippen molar-refractivity contribution >= 4 is 33.4 Å². The van der Waals surface area contributed by atoms with Crippen LogP contribution in [-0.4, -0.2) is 45.2 Å². The third-order valence-corrected chi connectivity index (χ3v) is 7.20. The van der Waals surface area contributed by atoms with E-state index < -0.39 is 10.0 Å². The fourth-order valence-corrected chi connectivity index (χ4v) is 5.12. The van der Waals surface area contributed by atoms with Crippen molar-refractivity contribution in [3.63, 3.8) is 0 Å². The molecule has 1 fully saturated rings. The van der Waals surface area contributed by atoms with Gasteiger partial charge in [-0.3, -0.25) is 9.52 Å². The maximum Gasteiger partial charge on any atom is 0.261 e. The van der Waals surface area contributed by atoms with Gasteiger partial charge in [0.25, 0.3) is 15.9 Å². The van der Waals surface area contributed by atoms with Crippen molar-refractivity contribution in [2.24, 2.45) is 0 Å². The molecule has 162 valence electrons. The van der Waals surface area contributed by atoms with Gasteiger partial charge in [-0.25, -0.2) is 8.42 Å². The van der Waals surface area contributed by atoms with Gasteiger partial charge in [0.05, 0.1) is 17.1 Å². The maximum absolute atomic E-state index is 13.2. The van der Waals surface area contributed by atoms with Crippen LogP contribution in [0, 0.1) is 0 Å². The average Bonchev–Trinajstić information content (AvgIpc) is 3.04. The van der Waals surface area contributed by atoms with Crippen molar-refractivity contribution in [3.8, 4) is 5.75 Å². The van der Waals surface area contributed by atoms with E-state index in [0.29, 0.717) is 36.7 Å². The summed E-state index contributed by atoms with van der Waals surface area (Å²) >= 11 is 1.45. The van der Waals surface area contributed by atoms with Gasteiger partial charge < -0.3 is 9.64 Å². The Balaban J connectivity index is 1.85. The zero-order valence-electron chi connectivity index (χ0n) is 17.4. The fraction of sp³-hybridized carbons (Fsp3) is 0.409. The highest BCUT2D eigenvalue weighted by Crippen LogP contribution is 2.27. The zero-order valence-corrected chi connectivity index (χ0v) is 19.0. The third-order valence-electron chi connectivity index (χ3n) is 5.02. The van der Waals surface area contributed by atoms with Crippen molar-refractivity contribution in [3.05, 3.63) is 48.0 Å². The summed E-state index contributed by atoms with van der Waals surface area (Å²) in [6.45, 7) is 3.86. The molecular weight excluding hydrogens is 420 g/mol. The summed E-state index contributed by atoms with van der Waals surface area (Å²) in [4.78, 5) is 15.9. The van der Waals surface area contributed by atoms with Gasteiger partial charge in [0.2, 0.25) is 0 Å². The number of hydrogen-bond donors (Lipinski definition) is 1. The predicted octanol–water partition coefficient (Wildman–Crippen LogP) is 4.62. The summed E-state index contributed by atoms with van der Waals surface area (Å²) in [5, 5.41) is 0. The minimum Gasteiger partial charge on any atom is -0.494 e. The molecule has 30 heavy (non-hydrogen) atoms. The highest BCUT2D eigenvalue weighted by molar-refractivity contribution is 7.98. The third kappa shape index (κ3) is 5.49. The van der Waals surface area contributed by atoms with Crippen molar-refractivity contribution in [2.75, 3.05) is 30.7 Å². The van der Waals surface area contributed by atoms with Crippen LogP contribution in [0.4, 0.5) is 5.69 Å². The van der Waals surface area contributed by atoms with Crippen LogP contribution in [0.2, 0.25) is 0 Å². The zero-order chi connectivity index (χ0) is 21.6. The van der Waals surface area contributed by atoms with Gasteiger partial charge in [-0.2, -0.15) is 0 Å². The average molecular weight is 449 g/mol. The van der Waals surface area contributed by atoms with Gasteiger partial charge in [0.15, 0.2) is 0 Å².